The number of amides is 1. The second kappa shape index (κ2) is 6.14. The molecule has 0 bridgehead atoms. The van der Waals surface area contributed by atoms with Crippen LogP contribution >= 0.6 is 0 Å². The van der Waals surface area contributed by atoms with Gasteiger partial charge >= 0.3 is 0 Å². The second-order valence-electron chi connectivity index (χ2n) is 5.63. The molecule has 2 N–H and O–H groups in total. The highest BCUT2D eigenvalue weighted by Gasteiger charge is 2.15. The van der Waals surface area contributed by atoms with Gasteiger partial charge in [0.15, 0.2) is 0 Å². The number of furan rings is 1. The summed E-state index contributed by atoms with van der Waals surface area (Å²) in [6.45, 7) is 1.73. The van der Waals surface area contributed by atoms with Crippen molar-refractivity contribution in [3.63, 3.8) is 0 Å². The molecule has 4 rings (SSSR count). The van der Waals surface area contributed by atoms with E-state index in [0.29, 0.717) is 28.2 Å². The average molecular weight is 344 g/mol. The Morgan fingerprint density at radius 2 is 2.23 bits per heavy atom. The molecule has 0 saturated carbocycles. The van der Waals surface area contributed by atoms with E-state index in [-0.39, 0.29) is 5.69 Å². The summed E-state index contributed by atoms with van der Waals surface area (Å²) < 4.78 is 5.09. The summed E-state index contributed by atoms with van der Waals surface area (Å²) in [7, 11) is 0. The van der Waals surface area contributed by atoms with Crippen molar-refractivity contribution in [1.82, 2.24) is 20.2 Å². The zero-order valence-electron chi connectivity index (χ0n) is 13.6. The van der Waals surface area contributed by atoms with Crippen LogP contribution in [0.3, 0.4) is 0 Å². The zero-order chi connectivity index (χ0) is 18.1. The number of fused-ring (bicyclic) bond motifs is 1. The molecule has 4 heterocycles. The molecule has 0 atom stereocenters. The maximum absolute atomic E-state index is 12.5. The first-order chi connectivity index (χ1) is 12.7. The van der Waals surface area contributed by atoms with Crippen LogP contribution in [0.25, 0.3) is 22.3 Å². The van der Waals surface area contributed by atoms with Gasteiger partial charge in [0.25, 0.3) is 5.91 Å². The highest BCUT2D eigenvalue weighted by molar-refractivity contribution is 6.04. The van der Waals surface area contributed by atoms with E-state index in [0.717, 1.165) is 11.1 Å². The quantitative estimate of drug-likeness (QED) is 0.589. The van der Waals surface area contributed by atoms with E-state index in [1.807, 2.05) is 6.07 Å². The smallest absolute Gasteiger partial charge is 0.275 e. The van der Waals surface area contributed by atoms with Gasteiger partial charge in [0.05, 0.1) is 23.6 Å². The molecule has 0 fully saturated rings. The highest BCUT2D eigenvalue weighted by Crippen LogP contribution is 2.26. The van der Waals surface area contributed by atoms with Crippen molar-refractivity contribution in [3.8, 4) is 17.3 Å². The molecule has 26 heavy (non-hydrogen) atoms. The van der Waals surface area contributed by atoms with Crippen molar-refractivity contribution < 1.29 is 9.21 Å². The Labute approximate surface area is 147 Å². The predicted molar refractivity (Wildman–Crippen MR) is 93.2 cm³/mol. The lowest BCUT2D eigenvalue weighted by Crippen LogP contribution is -2.16. The summed E-state index contributed by atoms with van der Waals surface area (Å²) in [5, 5.41) is 18.8. The summed E-state index contributed by atoms with van der Waals surface area (Å²) in [6, 6.07) is 8.86. The third kappa shape index (κ3) is 2.67. The molecule has 0 aromatic carbocycles. The maximum Gasteiger partial charge on any atom is 0.275 e. The normalized spacial score (nSPS) is 10.6. The number of aromatic nitrogens is 4. The molecule has 4 aromatic heterocycles. The first-order valence-corrected chi connectivity index (χ1v) is 7.71. The number of aromatic amines is 1. The molecule has 4 aromatic rings. The van der Waals surface area contributed by atoms with Crippen molar-refractivity contribution in [2.24, 2.45) is 0 Å². The van der Waals surface area contributed by atoms with Gasteiger partial charge in [-0.2, -0.15) is 10.4 Å². The topological polar surface area (TPSA) is 120 Å². The molecule has 0 radical (unpaired) electrons. The Morgan fingerprint density at radius 1 is 1.35 bits per heavy atom. The van der Waals surface area contributed by atoms with Crippen molar-refractivity contribution >= 4 is 22.8 Å². The summed E-state index contributed by atoms with van der Waals surface area (Å²) in [5.41, 5.74) is 4.05. The largest absolute Gasteiger partial charge is 0.472 e. The average Bonchev–Trinajstić information content (AvgIpc) is 3.30. The molecular weight excluding hydrogens is 332 g/mol. The third-order valence-corrected chi connectivity index (χ3v) is 3.87. The van der Waals surface area contributed by atoms with E-state index >= 15 is 0 Å². The van der Waals surface area contributed by atoms with Crippen LogP contribution in [0.2, 0.25) is 0 Å². The third-order valence-electron chi connectivity index (χ3n) is 3.87. The number of pyridine rings is 2. The van der Waals surface area contributed by atoms with E-state index in [1.165, 1.54) is 6.20 Å². The summed E-state index contributed by atoms with van der Waals surface area (Å²) in [4.78, 5) is 21.0. The molecule has 0 aliphatic heterocycles. The van der Waals surface area contributed by atoms with Gasteiger partial charge in [0.2, 0.25) is 0 Å². The van der Waals surface area contributed by atoms with E-state index in [9.17, 15) is 4.79 Å². The number of carbonyl (C=O) groups is 1. The van der Waals surface area contributed by atoms with Crippen LogP contribution in [0.4, 0.5) is 5.82 Å². The highest BCUT2D eigenvalue weighted by atomic mass is 16.3. The first-order valence-electron chi connectivity index (χ1n) is 7.71. The first kappa shape index (κ1) is 15.5. The van der Waals surface area contributed by atoms with Crippen molar-refractivity contribution in [3.05, 3.63) is 59.8 Å². The number of nitrogens with one attached hydrogen (secondary N) is 2. The van der Waals surface area contributed by atoms with Crippen LogP contribution in [-0.4, -0.2) is 26.1 Å². The van der Waals surface area contributed by atoms with Gasteiger partial charge in [0.1, 0.15) is 28.8 Å². The number of H-pyrrole nitrogens is 1. The fourth-order valence-corrected chi connectivity index (χ4v) is 2.62. The summed E-state index contributed by atoms with van der Waals surface area (Å²) in [6.07, 6.45) is 4.50. The van der Waals surface area contributed by atoms with Crippen molar-refractivity contribution in [2.75, 3.05) is 5.32 Å². The van der Waals surface area contributed by atoms with Crippen LogP contribution in [0.15, 0.2) is 47.4 Å². The van der Waals surface area contributed by atoms with Gasteiger partial charge < -0.3 is 9.73 Å². The standard InChI is InChI=1S/C18H12N6O2/c1-10-6-11(7-19)8-20-15(10)18(25)22-14-3-2-13-17(21-14)16(24-23-13)12-4-5-26-9-12/h2-6,8-9H,1H3,(H,23,24)(H,21,22,25). The number of anilines is 1. The molecule has 126 valence electrons. The Balaban J connectivity index is 1.66. The van der Waals surface area contributed by atoms with E-state index in [4.69, 9.17) is 9.68 Å². The van der Waals surface area contributed by atoms with Gasteiger partial charge in [-0.3, -0.25) is 9.89 Å². The minimum atomic E-state index is -0.396. The lowest BCUT2D eigenvalue weighted by Gasteiger charge is -2.06. The van der Waals surface area contributed by atoms with Crippen LogP contribution < -0.4 is 5.32 Å². The Morgan fingerprint density at radius 3 is 2.96 bits per heavy atom. The molecule has 0 saturated heterocycles. The molecule has 8 heteroatoms. The minimum Gasteiger partial charge on any atom is -0.472 e. The molecule has 0 aliphatic carbocycles. The van der Waals surface area contributed by atoms with Crippen LogP contribution in [0, 0.1) is 18.3 Å². The number of hydrogen-bond acceptors (Lipinski definition) is 6. The van der Waals surface area contributed by atoms with Crippen molar-refractivity contribution in [1.29, 1.82) is 5.26 Å². The van der Waals surface area contributed by atoms with Crippen LogP contribution in [0.1, 0.15) is 21.6 Å². The number of nitriles is 1. The number of nitrogens with zero attached hydrogens (tertiary/aromatic N) is 4. The fourth-order valence-electron chi connectivity index (χ4n) is 2.62. The number of rotatable bonds is 3. The lowest BCUT2D eigenvalue weighted by molar-refractivity contribution is 0.102. The Hall–Kier alpha value is -3.99. The summed E-state index contributed by atoms with van der Waals surface area (Å²) in [5.74, 6) is -0.0219. The zero-order valence-corrected chi connectivity index (χ0v) is 13.6. The van der Waals surface area contributed by atoms with Gasteiger partial charge in [-0.05, 0) is 36.8 Å². The van der Waals surface area contributed by atoms with E-state index in [2.05, 4.69) is 25.5 Å². The maximum atomic E-state index is 12.5. The minimum absolute atomic E-state index is 0.244. The molecular formula is C18H12N6O2. The molecule has 0 aliphatic rings. The predicted octanol–water partition coefficient (Wildman–Crippen LogP) is 3.05. The van der Waals surface area contributed by atoms with Gasteiger partial charge in [-0.25, -0.2) is 9.97 Å². The van der Waals surface area contributed by atoms with E-state index < -0.39 is 5.91 Å². The van der Waals surface area contributed by atoms with Crippen LogP contribution in [0.5, 0.6) is 0 Å². The van der Waals surface area contributed by atoms with Gasteiger partial charge in [-0.1, -0.05) is 0 Å². The van der Waals surface area contributed by atoms with Crippen molar-refractivity contribution in [2.45, 2.75) is 6.92 Å². The fraction of sp³-hybridized carbons (Fsp3) is 0.0556. The van der Waals surface area contributed by atoms with Gasteiger partial charge in [-0.15, -0.1) is 0 Å². The number of carbonyl (C=O) groups excluding carboxylic acids is 1. The summed E-state index contributed by atoms with van der Waals surface area (Å²) >= 11 is 0. The monoisotopic (exact) mass is 344 g/mol. The molecule has 0 unspecified atom stereocenters. The molecule has 1 amide bonds. The van der Waals surface area contributed by atoms with Gasteiger partial charge in [0, 0.05) is 11.8 Å². The Kier molecular flexibility index (Phi) is 3.67. The lowest BCUT2D eigenvalue weighted by atomic mass is 10.1. The SMILES string of the molecule is Cc1cc(C#N)cnc1C(=O)Nc1ccc2[nH]nc(-c3ccoc3)c2n1. The number of hydrogen-bond donors (Lipinski definition) is 2. The second-order valence-corrected chi connectivity index (χ2v) is 5.63. The number of aryl methyl sites for hydroxylation is 1. The molecule has 0 spiro atoms. The van der Waals surface area contributed by atoms with Crippen LogP contribution in [-0.2, 0) is 0 Å². The van der Waals surface area contributed by atoms with E-state index in [1.54, 1.807) is 43.7 Å². The molecule has 8 nitrogen and oxygen atoms in total. The Bertz CT molecular complexity index is 1150.